The van der Waals surface area contributed by atoms with Crippen LogP contribution in [0, 0.1) is 0 Å². The van der Waals surface area contributed by atoms with Gasteiger partial charge < -0.3 is 15.2 Å². The summed E-state index contributed by atoms with van der Waals surface area (Å²) in [6.07, 6.45) is 1.91. The summed E-state index contributed by atoms with van der Waals surface area (Å²) in [5.41, 5.74) is 5.11. The van der Waals surface area contributed by atoms with Gasteiger partial charge in [-0.1, -0.05) is 12.1 Å². The third-order valence-corrected chi connectivity index (χ3v) is 3.09. The van der Waals surface area contributed by atoms with Gasteiger partial charge in [-0.25, -0.2) is 10.2 Å². The van der Waals surface area contributed by atoms with Gasteiger partial charge >= 0.3 is 6.09 Å². The highest BCUT2D eigenvalue weighted by Gasteiger charge is 2.11. The molecule has 0 aliphatic rings. The Kier molecular flexibility index (Phi) is 6.27. The maximum atomic E-state index is 11.3. The molecule has 2 rings (SSSR count). The van der Waals surface area contributed by atoms with Crippen LogP contribution in [0.25, 0.3) is 0 Å². The van der Waals surface area contributed by atoms with Crippen molar-refractivity contribution >= 4 is 23.2 Å². The first-order valence-corrected chi connectivity index (χ1v) is 7.56. The van der Waals surface area contributed by atoms with Crippen LogP contribution in [0.1, 0.15) is 19.4 Å². The van der Waals surface area contributed by atoms with Gasteiger partial charge in [-0.05, 0) is 38.1 Å². The van der Waals surface area contributed by atoms with Gasteiger partial charge in [0.05, 0.1) is 18.4 Å². The summed E-state index contributed by atoms with van der Waals surface area (Å²) < 4.78 is 4.74. The van der Waals surface area contributed by atoms with Crippen LogP contribution >= 0.6 is 0 Å². The van der Waals surface area contributed by atoms with Crippen molar-refractivity contribution in [1.82, 2.24) is 10.4 Å². The smallest absolute Gasteiger partial charge is 0.427 e. The number of carbonyl (C=O) groups is 1. The van der Waals surface area contributed by atoms with Gasteiger partial charge in [-0.3, -0.25) is 4.98 Å². The fourth-order valence-corrected chi connectivity index (χ4v) is 1.99. The fourth-order valence-electron chi connectivity index (χ4n) is 1.99. The molecule has 3 N–H and O–H groups in total. The first kappa shape index (κ1) is 17.4. The molecule has 1 atom stereocenters. The van der Waals surface area contributed by atoms with Gasteiger partial charge in [0.25, 0.3) is 0 Å². The highest BCUT2D eigenvalue weighted by atomic mass is 16.5. The van der Waals surface area contributed by atoms with Crippen LogP contribution in [0.15, 0.2) is 53.9 Å². The lowest BCUT2D eigenvalue weighted by Gasteiger charge is -2.11. The van der Waals surface area contributed by atoms with Crippen molar-refractivity contribution in [3.63, 3.8) is 0 Å². The number of anilines is 2. The molecular weight excluding hydrogens is 308 g/mol. The Balaban J connectivity index is 2.11. The molecular formula is C17H20N4O3. The average molecular weight is 328 g/mol. The van der Waals surface area contributed by atoms with Gasteiger partial charge in [0.2, 0.25) is 0 Å². The minimum atomic E-state index is -0.842. The van der Waals surface area contributed by atoms with E-state index in [1.54, 1.807) is 26.2 Å². The van der Waals surface area contributed by atoms with Crippen molar-refractivity contribution in [3.8, 4) is 0 Å². The molecule has 0 saturated carbocycles. The molecule has 0 fully saturated rings. The third-order valence-electron chi connectivity index (χ3n) is 3.09. The van der Waals surface area contributed by atoms with Crippen molar-refractivity contribution in [3.05, 3.63) is 54.4 Å². The number of benzene rings is 1. The van der Waals surface area contributed by atoms with E-state index >= 15 is 0 Å². The molecule has 1 amide bonds. The zero-order chi connectivity index (χ0) is 17.4. The predicted molar refractivity (Wildman–Crippen MR) is 92.3 cm³/mol. The molecule has 24 heavy (non-hydrogen) atoms. The topological polar surface area (TPSA) is 95.8 Å². The monoisotopic (exact) mass is 328 g/mol. The minimum absolute atomic E-state index is 0.251. The van der Waals surface area contributed by atoms with Crippen molar-refractivity contribution in [2.75, 3.05) is 11.9 Å². The van der Waals surface area contributed by atoms with Gasteiger partial charge in [0, 0.05) is 29.3 Å². The number of nitrogens with one attached hydrogen (secondary N) is 2. The van der Waals surface area contributed by atoms with Crippen molar-refractivity contribution < 1.29 is 14.6 Å². The van der Waals surface area contributed by atoms with Crippen LogP contribution < -0.4 is 10.7 Å². The second kappa shape index (κ2) is 8.64. The number of ether oxygens (including phenoxy) is 1. The molecule has 1 heterocycles. The average Bonchev–Trinajstić information content (AvgIpc) is 2.57. The van der Waals surface area contributed by atoms with E-state index in [1.165, 1.54) is 0 Å². The number of pyridine rings is 1. The molecule has 7 heteroatoms. The Morgan fingerprint density at radius 2 is 1.83 bits per heavy atom. The number of aromatic nitrogens is 1. The number of aliphatic hydroxyl groups is 1. The van der Waals surface area contributed by atoms with Gasteiger partial charge in [0.15, 0.2) is 0 Å². The Morgan fingerprint density at radius 1 is 1.21 bits per heavy atom. The minimum Gasteiger partial charge on any atom is -0.449 e. The second-order valence-electron chi connectivity index (χ2n) is 4.94. The lowest BCUT2D eigenvalue weighted by molar-refractivity contribution is 0.152. The van der Waals surface area contributed by atoms with E-state index in [-0.39, 0.29) is 6.61 Å². The van der Waals surface area contributed by atoms with Crippen LogP contribution in [0.4, 0.5) is 16.2 Å². The maximum absolute atomic E-state index is 11.3. The summed E-state index contributed by atoms with van der Waals surface area (Å²) in [4.78, 5) is 15.3. The van der Waals surface area contributed by atoms with E-state index in [0.29, 0.717) is 11.3 Å². The number of rotatable bonds is 6. The molecule has 2 aromatic rings. The third kappa shape index (κ3) is 5.06. The summed E-state index contributed by atoms with van der Waals surface area (Å²) in [7, 11) is 0. The standard InChI is InChI=1S/C17H20N4O3/c1-3-24-17(23)21-20-16(12(2)22)13-4-6-14(7-5-13)19-15-8-10-18-11-9-15/h4-12,22H,3H2,1-2H3,(H,18,19)(H,21,23). The summed E-state index contributed by atoms with van der Waals surface area (Å²) >= 11 is 0. The van der Waals surface area contributed by atoms with Crippen LogP contribution in [0.3, 0.4) is 0 Å². The molecule has 1 unspecified atom stereocenters. The fraction of sp³-hybridized carbons (Fsp3) is 0.235. The zero-order valence-corrected chi connectivity index (χ0v) is 13.6. The molecule has 0 spiro atoms. The van der Waals surface area contributed by atoms with Crippen molar-refractivity contribution in [2.24, 2.45) is 5.10 Å². The highest BCUT2D eigenvalue weighted by Crippen LogP contribution is 2.17. The largest absolute Gasteiger partial charge is 0.449 e. The molecule has 126 valence electrons. The number of nitrogens with zero attached hydrogens (tertiary/aromatic N) is 2. The first-order valence-electron chi connectivity index (χ1n) is 7.56. The Morgan fingerprint density at radius 3 is 2.42 bits per heavy atom. The van der Waals surface area contributed by atoms with Crippen LogP contribution in [0.2, 0.25) is 0 Å². The number of hydrogen-bond acceptors (Lipinski definition) is 6. The van der Waals surface area contributed by atoms with Gasteiger partial charge in [-0.2, -0.15) is 5.10 Å². The lowest BCUT2D eigenvalue weighted by Crippen LogP contribution is -2.25. The molecule has 0 radical (unpaired) electrons. The molecule has 0 aliphatic heterocycles. The molecule has 1 aromatic carbocycles. The number of aliphatic hydroxyl groups excluding tert-OH is 1. The van der Waals surface area contributed by atoms with E-state index < -0.39 is 12.2 Å². The van der Waals surface area contributed by atoms with E-state index in [1.807, 2.05) is 36.4 Å². The van der Waals surface area contributed by atoms with Crippen LogP contribution in [0.5, 0.6) is 0 Å². The Labute approximate surface area is 140 Å². The number of carbonyl (C=O) groups excluding carboxylic acids is 1. The van der Waals surface area contributed by atoms with E-state index in [9.17, 15) is 9.90 Å². The van der Waals surface area contributed by atoms with Crippen molar-refractivity contribution in [2.45, 2.75) is 20.0 Å². The Bertz CT molecular complexity index is 685. The lowest BCUT2D eigenvalue weighted by atomic mass is 10.1. The van der Waals surface area contributed by atoms with Crippen molar-refractivity contribution in [1.29, 1.82) is 0 Å². The zero-order valence-electron chi connectivity index (χ0n) is 13.6. The number of amides is 1. The van der Waals surface area contributed by atoms with Crippen LogP contribution in [-0.4, -0.2) is 34.6 Å². The summed E-state index contributed by atoms with van der Waals surface area (Å²) in [6.45, 7) is 3.53. The van der Waals surface area contributed by atoms with Crippen LogP contribution in [-0.2, 0) is 4.74 Å². The second-order valence-corrected chi connectivity index (χ2v) is 4.94. The molecule has 1 aromatic heterocycles. The Hall–Kier alpha value is -2.93. The normalized spacial score (nSPS) is 12.4. The molecule has 7 nitrogen and oxygen atoms in total. The first-order chi connectivity index (χ1) is 11.6. The van der Waals surface area contributed by atoms with E-state index in [2.05, 4.69) is 20.8 Å². The molecule has 0 aliphatic carbocycles. The number of hydrogen-bond donors (Lipinski definition) is 3. The summed E-state index contributed by atoms with van der Waals surface area (Å²) in [5, 5.41) is 17.0. The number of hydrazone groups is 1. The molecule has 0 saturated heterocycles. The highest BCUT2D eigenvalue weighted by molar-refractivity contribution is 6.04. The quantitative estimate of drug-likeness (QED) is 0.559. The SMILES string of the molecule is CCOC(=O)NN=C(c1ccc(Nc2ccncc2)cc1)C(C)O. The van der Waals surface area contributed by atoms with Gasteiger partial charge in [-0.15, -0.1) is 0 Å². The maximum Gasteiger partial charge on any atom is 0.427 e. The van der Waals surface area contributed by atoms with E-state index in [4.69, 9.17) is 4.74 Å². The molecule has 0 bridgehead atoms. The summed E-state index contributed by atoms with van der Waals surface area (Å²) in [6, 6.07) is 11.1. The predicted octanol–water partition coefficient (Wildman–Crippen LogP) is 2.66. The summed E-state index contributed by atoms with van der Waals surface area (Å²) in [5.74, 6) is 0. The van der Waals surface area contributed by atoms with E-state index in [0.717, 1.165) is 11.4 Å². The van der Waals surface area contributed by atoms with Gasteiger partial charge in [0.1, 0.15) is 0 Å².